The summed E-state index contributed by atoms with van der Waals surface area (Å²) in [6.45, 7) is 3.80. The van der Waals surface area contributed by atoms with E-state index in [1.165, 1.54) is 11.8 Å². The number of rotatable bonds is 4. The van der Waals surface area contributed by atoms with Crippen molar-refractivity contribution in [3.05, 3.63) is 34.5 Å². The third-order valence-corrected chi connectivity index (χ3v) is 3.44. The predicted octanol–water partition coefficient (Wildman–Crippen LogP) is 0.983. The van der Waals surface area contributed by atoms with Crippen LogP contribution in [0.25, 0.3) is 0 Å². The smallest absolute Gasteiger partial charge is 0.344 e. The molecule has 8 heteroatoms. The van der Waals surface area contributed by atoms with Gasteiger partial charge in [0.15, 0.2) is 5.16 Å². The van der Waals surface area contributed by atoms with Crippen LogP contribution in [0.15, 0.2) is 33.2 Å². The molecule has 2 aromatic heterocycles. The molecule has 0 fully saturated rings. The summed E-state index contributed by atoms with van der Waals surface area (Å²) in [6.07, 6.45) is 1.57. The molecule has 0 aliphatic heterocycles. The number of nitrogens with zero attached hydrogens (tertiary/aromatic N) is 3. The van der Waals surface area contributed by atoms with Crippen LogP contribution in [0.4, 0.5) is 0 Å². The number of hydrogen-bond donors (Lipinski definition) is 3. The molecule has 0 bridgehead atoms. The summed E-state index contributed by atoms with van der Waals surface area (Å²) in [5.41, 5.74) is 5.61. The van der Waals surface area contributed by atoms with Crippen molar-refractivity contribution >= 4 is 17.6 Å². The Morgan fingerprint density at radius 3 is 2.95 bits per heavy atom. The topological polar surface area (TPSA) is 113 Å². The Kier molecular flexibility index (Phi) is 3.70. The van der Waals surface area contributed by atoms with Gasteiger partial charge in [-0.2, -0.15) is 0 Å². The van der Waals surface area contributed by atoms with Gasteiger partial charge in [0, 0.05) is 17.1 Å². The lowest BCUT2D eigenvalue weighted by molar-refractivity contribution is 0.534. The fourth-order valence-corrected chi connectivity index (χ4v) is 2.68. The van der Waals surface area contributed by atoms with E-state index in [0.29, 0.717) is 15.7 Å². The van der Waals surface area contributed by atoms with Crippen molar-refractivity contribution in [2.24, 2.45) is 5.73 Å². The number of pyridine rings is 1. The number of H-pyrrole nitrogens is 1. The normalized spacial score (nSPS) is 10.9. The Hall–Kier alpha value is -2.09. The lowest BCUT2D eigenvalue weighted by Gasteiger charge is -2.09. The molecular formula is C11H14N6OS. The molecule has 0 spiro atoms. The van der Waals surface area contributed by atoms with Crippen molar-refractivity contribution < 1.29 is 0 Å². The molecule has 2 rings (SSSR count). The van der Waals surface area contributed by atoms with Gasteiger partial charge in [-0.25, -0.2) is 9.89 Å². The van der Waals surface area contributed by atoms with Crippen LogP contribution in [0.3, 0.4) is 0 Å². The van der Waals surface area contributed by atoms with Crippen molar-refractivity contribution in [2.75, 3.05) is 0 Å². The van der Waals surface area contributed by atoms with Gasteiger partial charge < -0.3 is 5.73 Å². The third kappa shape index (κ3) is 2.68. The van der Waals surface area contributed by atoms with Gasteiger partial charge in [-0.05, 0) is 37.7 Å². The van der Waals surface area contributed by atoms with Crippen LogP contribution in [-0.2, 0) is 0 Å². The number of hydrogen-bond acceptors (Lipinski definition) is 5. The van der Waals surface area contributed by atoms with E-state index < -0.39 is 0 Å². The molecule has 0 saturated heterocycles. The van der Waals surface area contributed by atoms with Crippen molar-refractivity contribution in [1.29, 1.82) is 5.41 Å². The van der Waals surface area contributed by atoms with Crippen LogP contribution in [-0.4, -0.2) is 25.6 Å². The second kappa shape index (κ2) is 5.27. The van der Waals surface area contributed by atoms with Gasteiger partial charge in [0.2, 0.25) is 0 Å². The maximum atomic E-state index is 11.6. The van der Waals surface area contributed by atoms with Crippen LogP contribution in [0.2, 0.25) is 0 Å². The van der Waals surface area contributed by atoms with E-state index in [-0.39, 0.29) is 17.6 Å². The standard InChI is InChI=1S/C11H14N6OS/c1-6(2)17-10(18)15-16-11(17)19-7-4-3-5-14-8(7)9(12)13/h3-6H,1-2H3,(H3,12,13)(H,15,18). The summed E-state index contributed by atoms with van der Waals surface area (Å²) in [6, 6.07) is 3.53. The van der Waals surface area contributed by atoms with Gasteiger partial charge in [-0.3, -0.25) is 15.0 Å². The van der Waals surface area contributed by atoms with Crippen LogP contribution < -0.4 is 11.4 Å². The zero-order valence-electron chi connectivity index (χ0n) is 10.5. The second-order valence-corrected chi connectivity index (χ2v) is 5.15. The molecule has 0 amide bonds. The highest BCUT2D eigenvalue weighted by molar-refractivity contribution is 7.99. The van der Waals surface area contributed by atoms with Crippen LogP contribution in [0.5, 0.6) is 0 Å². The van der Waals surface area contributed by atoms with Gasteiger partial charge in [-0.15, -0.1) is 5.10 Å². The third-order valence-electron chi connectivity index (χ3n) is 2.42. The van der Waals surface area contributed by atoms with Gasteiger partial charge in [0.05, 0.1) is 0 Å². The Balaban J connectivity index is 2.43. The Morgan fingerprint density at radius 1 is 1.58 bits per heavy atom. The van der Waals surface area contributed by atoms with Gasteiger partial charge in [0.25, 0.3) is 0 Å². The molecule has 2 heterocycles. The summed E-state index contributed by atoms with van der Waals surface area (Å²) >= 11 is 1.26. The molecule has 0 radical (unpaired) electrons. The quantitative estimate of drug-likeness (QED) is 0.570. The fraction of sp³-hybridized carbons (Fsp3) is 0.273. The highest BCUT2D eigenvalue weighted by atomic mass is 32.2. The average Bonchev–Trinajstić information content (AvgIpc) is 2.71. The first-order valence-corrected chi connectivity index (χ1v) is 6.46. The van der Waals surface area contributed by atoms with Crippen molar-refractivity contribution in [3.8, 4) is 0 Å². The highest BCUT2D eigenvalue weighted by Gasteiger charge is 2.15. The SMILES string of the molecule is CC(C)n1c(Sc2cccnc2C(=N)N)n[nH]c1=O. The molecule has 4 N–H and O–H groups in total. The highest BCUT2D eigenvalue weighted by Crippen LogP contribution is 2.28. The zero-order valence-corrected chi connectivity index (χ0v) is 11.4. The summed E-state index contributed by atoms with van der Waals surface area (Å²) in [5, 5.41) is 14.4. The van der Waals surface area contributed by atoms with Gasteiger partial charge in [0.1, 0.15) is 11.5 Å². The summed E-state index contributed by atoms with van der Waals surface area (Å²) < 4.78 is 1.54. The molecule has 100 valence electrons. The average molecular weight is 278 g/mol. The number of amidine groups is 1. The number of aromatic nitrogens is 4. The first kappa shape index (κ1) is 13.3. The molecule has 0 aromatic carbocycles. The molecule has 0 unspecified atom stereocenters. The van der Waals surface area contributed by atoms with E-state index in [2.05, 4.69) is 15.2 Å². The van der Waals surface area contributed by atoms with Gasteiger partial charge in [-0.1, -0.05) is 0 Å². The summed E-state index contributed by atoms with van der Waals surface area (Å²) in [4.78, 5) is 16.4. The fourth-order valence-electron chi connectivity index (χ4n) is 1.59. The van der Waals surface area contributed by atoms with Crippen LogP contribution >= 0.6 is 11.8 Å². The number of aromatic amines is 1. The molecule has 2 aromatic rings. The van der Waals surface area contributed by atoms with Crippen molar-refractivity contribution in [2.45, 2.75) is 29.9 Å². The van der Waals surface area contributed by atoms with E-state index in [9.17, 15) is 4.79 Å². The molecule has 7 nitrogen and oxygen atoms in total. The maximum absolute atomic E-state index is 11.6. The van der Waals surface area contributed by atoms with E-state index in [1.807, 2.05) is 13.8 Å². The second-order valence-electron chi connectivity index (χ2n) is 4.14. The number of nitrogens with one attached hydrogen (secondary N) is 2. The first-order valence-electron chi connectivity index (χ1n) is 5.65. The van der Waals surface area contributed by atoms with E-state index >= 15 is 0 Å². The van der Waals surface area contributed by atoms with Crippen LogP contribution in [0, 0.1) is 5.41 Å². The largest absolute Gasteiger partial charge is 0.382 e. The minimum atomic E-state index is -0.259. The van der Waals surface area contributed by atoms with E-state index in [4.69, 9.17) is 11.1 Å². The number of nitrogen functional groups attached to an aromatic ring is 1. The van der Waals surface area contributed by atoms with E-state index in [1.54, 1.807) is 22.9 Å². The van der Waals surface area contributed by atoms with Crippen LogP contribution in [0.1, 0.15) is 25.6 Å². The molecule has 19 heavy (non-hydrogen) atoms. The minimum Gasteiger partial charge on any atom is -0.382 e. The molecule has 0 aliphatic carbocycles. The molecule has 0 atom stereocenters. The summed E-state index contributed by atoms with van der Waals surface area (Å²) in [7, 11) is 0. The van der Waals surface area contributed by atoms with Crippen molar-refractivity contribution in [1.82, 2.24) is 19.7 Å². The molecule has 0 saturated carbocycles. The van der Waals surface area contributed by atoms with E-state index in [0.717, 1.165) is 0 Å². The first-order chi connectivity index (χ1) is 9.00. The Bertz CT molecular complexity index is 659. The monoisotopic (exact) mass is 278 g/mol. The maximum Gasteiger partial charge on any atom is 0.344 e. The Labute approximate surface area is 113 Å². The predicted molar refractivity (Wildman–Crippen MR) is 72.6 cm³/mol. The molecular weight excluding hydrogens is 264 g/mol. The lowest BCUT2D eigenvalue weighted by Crippen LogP contribution is -2.19. The van der Waals surface area contributed by atoms with Gasteiger partial charge >= 0.3 is 5.69 Å². The zero-order chi connectivity index (χ0) is 14.0. The van der Waals surface area contributed by atoms with Crippen molar-refractivity contribution in [3.63, 3.8) is 0 Å². The molecule has 0 aliphatic rings. The minimum absolute atomic E-state index is 0.00815. The number of nitrogens with two attached hydrogens (primary N) is 1. The Morgan fingerprint density at radius 2 is 2.32 bits per heavy atom. The summed E-state index contributed by atoms with van der Waals surface area (Å²) in [5.74, 6) is -0.114. The lowest BCUT2D eigenvalue weighted by atomic mass is 10.3.